The Morgan fingerprint density at radius 3 is 2.96 bits per heavy atom. The smallest absolute Gasteiger partial charge is 0.124 e. The molecule has 2 atom stereocenters. The van der Waals surface area contributed by atoms with E-state index in [2.05, 4.69) is 15.7 Å². The molecule has 0 fully saturated rings. The summed E-state index contributed by atoms with van der Waals surface area (Å²) in [6.07, 6.45) is 2.55. The van der Waals surface area contributed by atoms with Gasteiger partial charge in [-0.05, 0) is 30.0 Å². The van der Waals surface area contributed by atoms with Crippen LogP contribution in [0.25, 0.3) is 0 Å². The number of aliphatic hydroxyl groups excluding tert-OH is 1. The van der Waals surface area contributed by atoms with Crippen LogP contribution in [-0.4, -0.2) is 41.1 Å². The zero-order valence-corrected chi connectivity index (χ0v) is 13.1. The molecule has 6 heteroatoms. The van der Waals surface area contributed by atoms with Crippen molar-refractivity contribution in [2.75, 3.05) is 31.6 Å². The first-order chi connectivity index (χ1) is 11.2. The molecule has 5 nitrogen and oxygen atoms in total. The molecule has 124 valence electrons. The quantitative estimate of drug-likeness (QED) is 0.724. The molecule has 1 aliphatic heterocycles. The predicted octanol–water partition coefficient (Wildman–Crippen LogP) is 1.50. The van der Waals surface area contributed by atoms with Crippen LogP contribution in [0.1, 0.15) is 5.56 Å². The number of halogens is 1. The average molecular weight is 318 g/mol. The van der Waals surface area contributed by atoms with Crippen molar-refractivity contribution in [2.45, 2.75) is 13.0 Å². The highest BCUT2D eigenvalue weighted by Gasteiger charge is 2.18. The van der Waals surface area contributed by atoms with Gasteiger partial charge in [-0.3, -0.25) is 0 Å². The number of aliphatic hydroxyl groups is 1. The summed E-state index contributed by atoms with van der Waals surface area (Å²) in [4.78, 5) is 0. The average Bonchev–Trinajstić information content (AvgIpc) is 3.03. The lowest BCUT2D eigenvalue weighted by Crippen LogP contribution is -2.37. The van der Waals surface area contributed by atoms with Gasteiger partial charge in [-0.2, -0.15) is 5.10 Å². The van der Waals surface area contributed by atoms with Gasteiger partial charge in [-0.15, -0.1) is 0 Å². The summed E-state index contributed by atoms with van der Waals surface area (Å²) >= 11 is 0. The standard InChI is InChI=1S/C17H23FN4O/c18-16-3-1-13(2-4-16)7-14(12-23)8-19-9-15-10-20-17-5-6-21-22(17)11-15/h1-6,14-15,19-20,23H,7-12H2/t14-,15+/m1/s1. The molecular formula is C17H23FN4O. The van der Waals surface area contributed by atoms with E-state index in [0.717, 1.165) is 44.0 Å². The minimum Gasteiger partial charge on any atom is -0.396 e. The lowest BCUT2D eigenvalue weighted by Gasteiger charge is -2.26. The van der Waals surface area contributed by atoms with E-state index in [1.54, 1.807) is 12.1 Å². The fraction of sp³-hybridized carbons (Fsp3) is 0.471. The monoisotopic (exact) mass is 318 g/mol. The molecule has 0 saturated heterocycles. The van der Waals surface area contributed by atoms with Crippen molar-refractivity contribution in [1.29, 1.82) is 0 Å². The maximum absolute atomic E-state index is 12.9. The number of anilines is 1. The molecule has 3 N–H and O–H groups in total. The molecular weight excluding hydrogens is 295 g/mol. The molecule has 0 radical (unpaired) electrons. The zero-order chi connectivity index (χ0) is 16.1. The van der Waals surface area contributed by atoms with Crippen LogP contribution in [0.15, 0.2) is 36.5 Å². The molecule has 2 heterocycles. The van der Waals surface area contributed by atoms with Crippen molar-refractivity contribution in [3.63, 3.8) is 0 Å². The van der Waals surface area contributed by atoms with Gasteiger partial charge in [0.25, 0.3) is 0 Å². The molecule has 2 aromatic rings. The first kappa shape index (κ1) is 16.0. The SMILES string of the molecule is OC[C@@H](CNC[C@H]1CNc2ccnn2C1)Cc1ccc(F)cc1. The largest absolute Gasteiger partial charge is 0.396 e. The highest BCUT2D eigenvalue weighted by atomic mass is 19.1. The topological polar surface area (TPSA) is 62.1 Å². The number of nitrogens with one attached hydrogen (secondary N) is 2. The van der Waals surface area contributed by atoms with Gasteiger partial charge in [-0.1, -0.05) is 12.1 Å². The zero-order valence-electron chi connectivity index (χ0n) is 13.1. The third-order valence-corrected chi connectivity index (χ3v) is 4.28. The van der Waals surface area contributed by atoms with Crippen LogP contribution in [-0.2, 0) is 13.0 Å². The first-order valence-corrected chi connectivity index (χ1v) is 8.06. The maximum atomic E-state index is 12.9. The minimum absolute atomic E-state index is 0.122. The van der Waals surface area contributed by atoms with Gasteiger partial charge in [0.1, 0.15) is 11.6 Å². The Balaban J connectivity index is 1.43. The molecule has 0 bridgehead atoms. The van der Waals surface area contributed by atoms with Gasteiger partial charge >= 0.3 is 0 Å². The number of hydrogen-bond donors (Lipinski definition) is 3. The molecule has 0 spiro atoms. The van der Waals surface area contributed by atoms with Crippen molar-refractivity contribution >= 4 is 5.82 Å². The van der Waals surface area contributed by atoms with Crippen LogP contribution >= 0.6 is 0 Å². The third-order valence-electron chi connectivity index (χ3n) is 4.28. The molecule has 3 rings (SSSR count). The van der Waals surface area contributed by atoms with E-state index in [1.165, 1.54) is 12.1 Å². The van der Waals surface area contributed by atoms with Gasteiger partial charge in [-0.25, -0.2) is 9.07 Å². The first-order valence-electron chi connectivity index (χ1n) is 8.06. The van der Waals surface area contributed by atoms with E-state index in [9.17, 15) is 9.50 Å². The highest BCUT2D eigenvalue weighted by Crippen LogP contribution is 2.16. The number of benzene rings is 1. The van der Waals surface area contributed by atoms with Gasteiger partial charge in [0.15, 0.2) is 0 Å². The number of nitrogens with zero attached hydrogens (tertiary/aromatic N) is 2. The Labute approximate surface area is 135 Å². The molecule has 0 saturated carbocycles. The second kappa shape index (κ2) is 7.57. The summed E-state index contributed by atoms with van der Waals surface area (Å²) in [5.41, 5.74) is 1.05. The summed E-state index contributed by atoms with van der Waals surface area (Å²) in [6, 6.07) is 8.47. The van der Waals surface area contributed by atoms with Crippen LogP contribution in [0.2, 0.25) is 0 Å². The van der Waals surface area contributed by atoms with Gasteiger partial charge < -0.3 is 15.7 Å². The van der Waals surface area contributed by atoms with Crippen molar-refractivity contribution in [2.24, 2.45) is 11.8 Å². The van der Waals surface area contributed by atoms with Crippen molar-refractivity contribution in [1.82, 2.24) is 15.1 Å². The normalized spacial score (nSPS) is 18.3. The van der Waals surface area contributed by atoms with Gasteiger partial charge in [0.2, 0.25) is 0 Å². The Kier molecular flexibility index (Phi) is 5.25. The molecule has 0 amide bonds. The lowest BCUT2D eigenvalue weighted by atomic mass is 9.99. The molecule has 23 heavy (non-hydrogen) atoms. The molecule has 0 unspecified atom stereocenters. The summed E-state index contributed by atoms with van der Waals surface area (Å²) in [6.45, 7) is 3.59. The fourth-order valence-electron chi connectivity index (χ4n) is 2.97. The van der Waals surface area contributed by atoms with Crippen molar-refractivity contribution < 1.29 is 9.50 Å². The third kappa shape index (κ3) is 4.30. The van der Waals surface area contributed by atoms with E-state index in [4.69, 9.17) is 0 Å². The van der Waals surface area contributed by atoms with Crippen LogP contribution < -0.4 is 10.6 Å². The second-order valence-electron chi connectivity index (χ2n) is 6.18. The Morgan fingerprint density at radius 2 is 2.17 bits per heavy atom. The van der Waals surface area contributed by atoms with Crippen molar-refractivity contribution in [3.8, 4) is 0 Å². The molecule has 1 aliphatic rings. The summed E-state index contributed by atoms with van der Waals surface area (Å²) < 4.78 is 14.9. The number of aromatic nitrogens is 2. The molecule has 1 aromatic carbocycles. The van der Waals surface area contributed by atoms with Crippen LogP contribution in [0.5, 0.6) is 0 Å². The second-order valence-corrected chi connectivity index (χ2v) is 6.18. The van der Waals surface area contributed by atoms with Gasteiger partial charge in [0.05, 0.1) is 6.20 Å². The summed E-state index contributed by atoms with van der Waals surface area (Å²) in [7, 11) is 0. The van der Waals surface area contributed by atoms with Crippen LogP contribution in [0.3, 0.4) is 0 Å². The van der Waals surface area contributed by atoms with Crippen LogP contribution in [0.4, 0.5) is 10.2 Å². The van der Waals surface area contributed by atoms with E-state index in [0.29, 0.717) is 5.92 Å². The van der Waals surface area contributed by atoms with Gasteiger partial charge in [0, 0.05) is 44.8 Å². The van der Waals surface area contributed by atoms with E-state index >= 15 is 0 Å². The fourth-order valence-corrected chi connectivity index (χ4v) is 2.97. The van der Waals surface area contributed by atoms with E-state index < -0.39 is 0 Å². The van der Waals surface area contributed by atoms with Crippen molar-refractivity contribution in [3.05, 3.63) is 47.9 Å². The minimum atomic E-state index is -0.227. The van der Waals surface area contributed by atoms with E-state index in [1.807, 2.05) is 16.9 Å². The molecule has 1 aromatic heterocycles. The summed E-state index contributed by atoms with van der Waals surface area (Å²) in [5, 5.41) is 20.6. The highest BCUT2D eigenvalue weighted by molar-refractivity contribution is 5.35. The number of hydrogen-bond acceptors (Lipinski definition) is 4. The Hall–Kier alpha value is -1.92. The predicted molar refractivity (Wildman–Crippen MR) is 87.8 cm³/mol. The molecule has 0 aliphatic carbocycles. The Bertz CT molecular complexity index is 613. The number of rotatable bonds is 7. The summed E-state index contributed by atoms with van der Waals surface area (Å²) in [5.74, 6) is 1.46. The number of fused-ring (bicyclic) bond motifs is 1. The maximum Gasteiger partial charge on any atom is 0.124 e. The Morgan fingerprint density at radius 1 is 1.35 bits per heavy atom. The van der Waals surface area contributed by atoms with Crippen LogP contribution in [0, 0.1) is 17.7 Å². The van der Waals surface area contributed by atoms with E-state index in [-0.39, 0.29) is 18.3 Å². The lowest BCUT2D eigenvalue weighted by molar-refractivity contribution is 0.219.